The minimum Gasteiger partial charge on any atom is -0.465 e. The van der Waals surface area contributed by atoms with Crippen LogP contribution in [0.3, 0.4) is 0 Å². The molecule has 9 heteroatoms. The first kappa shape index (κ1) is 22.7. The summed E-state index contributed by atoms with van der Waals surface area (Å²) in [7, 11) is 0. The van der Waals surface area contributed by atoms with Gasteiger partial charge in [0.25, 0.3) is 5.91 Å². The first-order valence-electron chi connectivity index (χ1n) is 12.3. The number of carbonyl (C=O) groups is 4. The molecule has 0 spiro atoms. The Morgan fingerprint density at radius 1 is 1.12 bits per heavy atom. The third kappa shape index (κ3) is 3.71. The van der Waals surface area contributed by atoms with E-state index in [-0.39, 0.29) is 35.9 Å². The molecule has 2 saturated heterocycles. The van der Waals surface area contributed by atoms with Crippen LogP contribution in [0.15, 0.2) is 34.1 Å². The Balaban J connectivity index is 1.27. The Bertz CT molecular complexity index is 1020. The number of ether oxygens (including phenoxy) is 1. The molecule has 9 nitrogen and oxygen atoms in total. The molecule has 182 valence electrons. The molecular weight excluding hydrogens is 438 g/mol. The van der Waals surface area contributed by atoms with E-state index in [1.165, 1.54) is 11.8 Å². The van der Waals surface area contributed by atoms with Gasteiger partial charge < -0.3 is 23.9 Å². The van der Waals surface area contributed by atoms with Crippen molar-refractivity contribution in [2.24, 2.45) is 11.3 Å². The molecule has 1 aromatic rings. The van der Waals surface area contributed by atoms with Gasteiger partial charge in [0.15, 0.2) is 5.76 Å². The summed E-state index contributed by atoms with van der Waals surface area (Å²) in [6, 6.07) is 3.30. The molecule has 3 amide bonds. The van der Waals surface area contributed by atoms with Gasteiger partial charge in [0.2, 0.25) is 11.8 Å². The summed E-state index contributed by atoms with van der Waals surface area (Å²) in [5.41, 5.74) is 1.27. The maximum Gasteiger partial charge on any atom is 0.318 e. The van der Waals surface area contributed by atoms with Crippen molar-refractivity contribution >= 4 is 23.7 Å². The molecule has 4 aliphatic rings. The van der Waals surface area contributed by atoms with Crippen LogP contribution in [0.4, 0.5) is 0 Å². The highest BCUT2D eigenvalue weighted by molar-refractivity contribution is 5.93. The molecule has 1 aliphatic carbocycles. The summed E-state index contributed by atoms with van der Waals surface area (Å²) in [6.07, 6.45) is 5.14. The van der Waals surface area contributed by atoms with E-state index in [9.17, 15) is 19.2 Å². The molecule has 5 rings (SSSR count). The minimum atomic E-state index is -0.807. The molecule has 0 bridgehead atoms. The maximum atomic E-state index is 13.4. The summed E-state index contributed by atoms with van der Waals surface area (Å²) in [5, 5.41) is 0. The topological polar surface area (TPSA) is 100 Å². The highest BCUT2D eigenvalue weighted by atomic mass is 16.5. The predicted octanol–water partition coefficient (Wildman–Crippen LogP) is 2.19. The number of amides is 3. The zero-order valence-corrected chi connectivity index (χ0v) is 19.6. The smallest absolute Gasteiger partial charge is 0.318 e. The Morgan fingerprint density at radius 2 is 1.88 bits per heavy atom. The zero-order chi connectivity index (χ0) is 23.9. The molecule has 0 saturated carbocycles. The Labute approximate surface area is 198 Å². The second-order valence-corrected chi connectivity index (χ2v) is 9.60. The number of nitrogens with zero attached hydrogens (tertiary/aromatic N) is 3. The van der Waals surface area contributed by atoms with E-state index in [2.05, 4.69) is 0 Å². The molecule has 34 heavy (non-hydrogen) atoms. The number of rotatable bonds is 5. The van der Waals surface area contributed by atoms with Crippen molar-refractivity contribution in [3.63, 3.8) is 0 Å². The van der Waals surface area contributed by atoms with Gasteiger partial charge in [-0.1, -0.05) is 0 Å². The molecular formula is C25H31N3O6. The fourth-order valence-electron chi connectivity index (χ4n) is 6.11. The second-order valence-electron chi connectivity index (χ2n) is 9.60. The largest absolute Gasteiger partial charge is 0.465 e. The van der Waals surface area contributed by atoms with Gasteiger partial charge in [-0.05, 0) is 56.7 Å². The van der Waals surface area contributed by atoms with Gasteiger partial charge in [-0.2, -0.15) is 0 Å². The van der Waals surface area contributed by atoms with Crippen LogP contribution < -0.4 is 0 Å². The van der Waals surface area contributed by atoms with E-state index in [1.807, 2.05) is 0 Å². The summed E-state index contributed by atoms with van der Waals surface area (Å²) in [6.45, 7) is 4.34. The van der Waals surface area contributed by atoms with E-state index in [0.717, 1.165) is 25.0 Å². The molecule has 2 fully saturated rings. The van der Waals surface area contributed by atoms with Crippen molar-refractivity contribution in [2.75, 3.05) is 39.3 Å². The van der Waals surface area contributed by atoms with Crippen molar-refractivity contribution in [3.05, 3.63) is 35.4 Å². The Kier molecular flexibility index (Phi) is 5.95. The van der Waals surface area contributed by atoms with Gasteiger partial charge in [-0.25, -0.2) is 0 Å². The van der Waals surface area contributed by atoms with Crippen molar-refractivity contribution in [2.45, 2.75) is 45.4 Å². The number of hydrogen-bond acceptors (Lipinski definition) is 6. The van der Waals surface area contributed by atoms with E-state index < -0.39 is 11.3 Å². The van der Waals surface area contributed by atoms with E-state index in [1.54, 1.807) is 33.8 Å². The molecule has 0 N–H and O–H groups in total. The van der Waals surface area contributed by atoms with Crippen LogP contribution in [0.25, 0.3) is 0 Å². The second kappa shape index (κ2) is 8.92. The van der Waals surface area contributed by atoms with E-state index >= 15 is 0 Å². The third-order valence-electron chi connectivity index (χ3n) is 7.72. The maximum absolute atomic E-state index is 13.4. The fourth-order valence-corrected chi connectivity index (χ4v) is 6.11. The molecule has 0 aromatic carbocycles. The van der Waals surface area contributed by atoms with Gasteiger partial charge in [0, 0.05) is 50.8 Å². The lowest BCUT2D eigenvalue weighted by Gasteiger charge is -2.46. The molecule has 3 aliphatic heterocycles. The first-order chi connectivity index (χ1) is 16.4. The summed E-state index contributed by atoms with van der Waals surface area (Å²) < 4.78 is 10.7. The van der Waals surface area contributed by atoms with Crippen LogP contribution in [-0.2, 0) is 19.1 Å². The lowest BCUT2D eigenvalue weighted by atomic mass is 9.71. The SMILES string of the molecule is CCOC(=O)[C@@]12CCC3=C1N(CCC3)C(=O)[C@H](CC(=O)N1CCN(C(=O)c3ccco3)CC1)C2. The average Bonchev–Trinajstić information content (AvgIpc) is 3.52. The number of esters is 1. The number of piperazine rings is 1. The van der Waals surface area contributed by atoms with Gasteiger partial charge in [0.1, 0.15) is 5.41 Å². The van der Waals surface area contributed by atoms with Gasteiger partial charge in [0.05, 0.1) is 12.9 Å². The zero-order valence-electron chi connectivity index (χ0n) is 19.6. The highest BCUT2D eigenvalue weighted by Gasteiger charge is 2.58. The number of piperidine rings is 1. The van der Waals surface area contributed by atoms with Crippen molar-refractivity contribution in [1.82, 2.24) is 14.7 Å². The molecule has 0 unspecified atom stereocenters. The quantitative estimate of drug-likeness (QED) is 0.613. The average molecular weight is 470 g/mol. The van der Waals surface area contributed by atoms with Crippen LogP contribution in [0.5, 0.6) is 0 Å². The normalized spacial score (nSPS) is 26.6. The fraction of sp³-hybridized carbons (Fsp3) is 0.600. The molecule has 0 radical (unpaired) electrons. The first-order valence-corrected chi connectivity index (χ1v) is 12.3. The monoisotopic (exact) mass is 469 g/mol. The minimum absolute atomic E-state index is 0.0472. The number of allylic oxidation sites excluding steroid dienone is 1. The molecule has 2 atom stereocenters. The summed E-state index contributed by atoms with van der Waals surface area (Å²) >= 11 is 0. The van der Waals surface area contributed by atoms with E-state index in [4.69, 9.17) is 9.15 Å². The van der Waals surface area contributed by atoms with Crippen LogP contribution in [0.2, 0.25) is 0 Å². The van der Waals surface area contributed by atoms with Crippen LogP contribution in [-0.4, -0.2) is 77.7 Å². The van der Waals surface area contributed by atoms with Gasteiger partial charge >= 0.3 is 5.97 Å². The lowest BCUT2D eigenvalue weighted by molar-refractivity contribution is -0.161. The predicted molar refractivity (Wildman–Crippen MR) is 120 cm³/mol. The van der Waals surface area contributed by atoms with Crippen molar-refractivity contribution < 1.29 is 28.3 Å². The van der Waals surface area contributed by atoms with Crippen LogP contribution in [0.1, 0.15) is 56.0 Å². The Morgan fingerprint density at radius 3 is 2.59 bits per heavy atom. The standard InChI is InChI=1S/C25H31N3O6/c1-2-33-24(32)25-8-7-17-5-3-9-28(21(17)25)22(30)18(16-25)15-20(29)26-10-12-27(13-11-26)23(31)19-6-4-14-34-19/h4,6,14,18H,2-3,5,7-13,15-16H2,1H3/t18-,25-/m1/s1. The Hall–Kier alpha value is -3.10. The molecule has 4 heterocycles. The van der Waals surface area contributed by atoms with Crippen LogP contribution in [0, 0.1) is 11.3 Å². The van der Waals surface area contributed by atoms with Gasteiger partial charge in [-0.15, -0.1) is 0 Å². The number of carbonyl (C=O) groups excluding carboxylic acids is 4. The highest BCUT2D eigenvalue weighted by Crippen LogP contribution is 2.55. The lowest BCUT2D eigenvalue weighted by Crippen LogP contribution is -2.54. The molecule has 1 aromatic heterocycles. The van der Waals surface area contributed by atoms with E-state index in [0.29, 0.717) is 52.2 Å². The summed E-state index contributed by atoms with van der Waals surface area (Å²) in [5.74, 6) is -0.850. The summed E-state index contributed by atoms with van der Waals surface area (Å²) in [4.78, 5) is 57.4. The van der Waals surface area contributed by atoms with Crippen molar-refractivity contribution in [3.8, 4) is 0 Å². The van der Waals surface area contributed by atoms with Gasteiger partial charge in [-0.3, -0.25) is 19.2 Å². The van der Waals surface area contributed by atoms with Crippen molar-refractivity contribution in [1.29, 1.82) is 0 Å². The van der Waals surface area contributed by atoms with Crippen LogP contribution >= 0.6 is 0 Å². The number of hydrogen-bond donors (Lipinski definition) is 0. The third-order valence-corrected chi connectivity index (χ3v) is 7.72. The number of furan rings is 1.